The largest absolute Gasteiger partial charge is 0.464 e. The van der Waals surface area contributed by atoms with Crippen molar-refractivity contribution in [1.29, 1.82) is 0 Å². The number of fused-ring (bicyclic) bond motifs is 3. The predicted molar refractivity (Wildman–Crippen MR) is 117 cm³/mol. The van der Waals surface area contributed by atoms with Crippen LogP contribution in [0.2, 0.25) is 0 Å². The third-order valence-corrected chi connectivity index (χ3v) is 5.30. The molecule has 0 bridgehead atoms. The summed E-state index contributed by atoms with van der Waals surface area (Å²) in [6, 6.07) is 20.4. The molecule has 0 aliphatic rings. The molecule has 1 amide bonds. The van der Waals surface area contributed by atoms with Crippen molar-refractivity contribution in [3.05, 3.63) is 102 Å². The Morgan fingerprint density at radius 2 is 1.93 bits per heavy atom. The molecule has 0 aliphatic heterocycles. The second kappa shape index (κ2) is 7.87. The number of hydrogen-bond donors (Lipinski definition) is 1. The van der Waals surface area contributed by atoms with Gasteiger partial charge in [-0.05, 0) is 28.0 Å². The summed E-state index contributed by atoms with van der Waals surface area (Å²) in [6.07, 6.45) is 7.49. The molecule has 5 rings (SSSR count). The lowest BCUT2D eigenvalue weighted by molar-refractivity contribution is -0.120. The van der Waals surface area contributed by atoms with E-state index in [2.05, 4.69) is 34.6 Å². The van der Waals surface area contributed by atoms with Crippen LogP contribution in [0.5, 0.6) is 0 Å². The summed E-state index contributed by atoms with van der Waals surface area (Å²) >= 11 is 0. The Kier molecular flexibility index (Phi) is 4.77. The quantitative estimate of drug-likeness (QED) is 0.454. The van der Waals surface area contributed by atoms with Crippen LogP contribution in [0.4, 0.5) is 0 Å². The van der Waals surface area contributed by atoms with Gasteiger partial charge in [-0.1, -0.05) is 54.6 Å². The van der Waals surface area contributed by atoms with E-state index in [9.17, 15) is 4.79 Å². The SMILES string of the molecule is O=C(Cc1coc2ccc3ccccc3c12)NCc1cccc(Cn2ccnc2)c1. The zero-order valence-electron chi connectivity index (χ0n) is 16.4. The molecule has 1 N–H and O–H groups in total. The van der Waals surface area contributed by atoms with Crippen molar-refractivity contribution in [3.8, 4) is 0 Å². The fraction of sp³-hybridized carbons (Fsp3) is 0.120. The first-order valence-electron chi connectivity index (χ1n) is 9.94. The van der Waals surface area contributed by atoms with Gasteiger partial charge in [-0.25, -0.2) is 4.98 Å². The molecule has 0 spiro atoms. The first kappa shape index (κ1) is 18.2. The van der Waals surface area contributed by atoms with E-state index in [0.717, 1.165) is 39.4 Å². The molecule has 148 valence electrons. The van der Waals surface area contributed by atoms with E-state index in [0.29, 0.717) is 6.54 Å². The standard InChI is InChI=1S/C25H21N3O2/c29-24(27-14-18-4-3-5-19(12-18)15-28-11-10-26-17-28)13-21-16-30-23-9-8-20-6-1-2-7-22(20)25(21)23/h1-12,16-17H,13-15H2,(H,27,29). The fourth-order valence-electron chi connectivity index (χ4n) is 3.87. The Morgan fingerprint density at radius 1 is 1.03 bits per heavy atom. The van der Waals surface area contributed by atoms with Crippen LogP contribution in [0.3, 0.4) is 0 Å². The zero-order valence-corrected chi connectivity index (χ0v) is 16.4. The minimum Gasteiger partial charge on any atom is -0.464 e. The van der Waals surface area contributed by atoms with Gasteiger partial charge in [0.2, 0.25) is 5.91 Å². The molecule has 2 heterocycles. The molecule has 2 aromatic heterocycles. The van der Waals surface area contributed by atoms with Crippen molar-refractivity contribution in [3.63, 3.8) is 0 Å². The van der Waals surface area contributed by atoms with E-state index in [4.69, 9.17) is 4.42 Å². The van der Waals surface area contributed by atoms with Gasteiger partial charge in [-0.15, -0.1) is 0 Å². The number of nitrogens with zero attached hydrogens (tertiary/aromatic N) is 2. The second-order valence-corrected chi connectivity index (χ2v) is 7.43. The lowest BCUT2D eigenvalue weighted by Gasteiger charge is -2.08. The molecule has 30 heavy (non-hydrogen) atoms. The molecule has 5 aromatic rings. The third kappa shape index (κ3) is 3.70. The number of aromatic nitrogens is 2. The van der Waals surface area contributed by atoms with Crippen LogP contribution in [-0.4, -0.2) is 15.5 Å². The van der Waals surface area contributed by atoms with E-state index in [-0.39, 0.29) is 12.3 Å². The molecular formula is C25H21N3O2. The summed E-state index contributed by atoms with van der Waals surface area (Å²) in [7, 11) is 0. The number of carbonyl (C=O) groups is 1. The topological polar surface area (TPSA) is 60.1 Å². The number of rotatable bonds is 6. The van der Waals surface area contributed by atoms with Crippen LogP contribution in [0, 0.1) is 0 Å². The lowest BCUT2D eigenvalue weighted by Crippen LogP contribution is -2.24. The molecule has 5 nitrogen and oxygen atoms in total. The normalized spacial score (nSPS) is 11.2. The maximum absolute atomic E-state index is 12.6. The Morgan fingerprint density at radius 3 is 2.83 bits per heavy atom. The molecule has 0 aliphatic carbocycles. The predicted octanol–water partition coefficient (Wildman–Crippen LogP) is 4.69. The Hall–Kier alpha value is -3.86. The van der Waals surface area contributed by atoms with E-state index in [1.54, 1.807) is 18.8 Å². The average Bonchev–Trinajstić information content (AvgIpc) is 3.43. The summed E-state index contributed by atoms with van der Waals surface area (Å²) in [4.78, 5) is 16.7. The zero-order chi connectivity index (χ0) is 20.3. The van der Waals surface area contributed by atoms with E-state index in [1.165, 1.54) is 5.56 Å². The summed E-state index contributed by atoms with van der Waals surface area (Å²) < 4.78 is 7.72. The van der Waals surface area contributed by atoms with Crippen LogP contribution in [0.1, 0.15) is 16.7 Å². The van der Waals surface area contributed by atoms with E-state index >= 15 is 0 Å². The van der Waals surface area contributed by atoms with Gasteiger partial charge in [0.05, 0.1) is 19.0 Å². The van der Waals surface area contributed by atoms with Crippen LogP contribution < -0.4 is 5.32 Å². The summed E-state index contributed by atoms with van der Waals surface area (Å²) in [5, 5.41) is 6.31. The number of furan rings is 1. The molecule has 0 radical (unpaired) electrons. The van der Waals surface area contributed by atoms with Gasteiger partial charge in [0.1, 0.15) is 5.58 Å². The average molecular weight is 395 g/mol. The number of imidazole rings is 1. The minimum absolute atomic E-state index is 0.0225. The number of carbonyl (C=O) groups excluding carboxylic acids is 1. The van der Waals surface area contributed by atoms with Gasteiger partial charge in [-0.2, -0.15) is 0 Å². The molecular weight excluding hydrogens is 374 g/mol. The minimum atomic E-state index is -0.0225. The van der Waals surface area contributed by atoms with Crippen molar-refractivity contribution < 1.29 is 9.21 Å². The van der Waals surface area contributed by atoms with Crippen molar-refractivity contribution in [2.75, 3.05) is 0 Å². The van der Waals surface area contributed by atoms with Gasteiger partial charge >= 0.3 is 0 Å². The van der Waals surface area contributed by atoms with Gasteiger partial charge in [0.25, 0.3) is 0 Å². The molecule has 0 atom stereocenters. The van der Waals surface area contributed by atoms with E-state index in [1.807, 2.05) is 47.2 Å². The smallest absolute Gasteiger partial charge is 0.224 e. The fourth-order valence-corrected chi connectivity index (χ4v) is 3.87. The molecule has 0 saturated carbocycles. The van der Waals surface area contributed by atoms with Crippen molar-refractivity contribution in [2.24, 2.45) is 0 Å². The summed E-state index contributed by atoms with van der Waals surface area (Å²) in [5.74, 6) is -0.0225. The second-order valence-electron chi connectivity index (χ2n) is 7.43. The Balaban J connectivity index is 1.29. The van der Waals surface area contributed by atoms with Gasteiger partial charge in [-0.3, -0.25) is 4.79 Å². The highest BCUT2D eigenvalue weighted by atomic mass is 16.3. The van der Waals surface area contributed by atoms with Crippen molar-refractivity contribution >= 4 is 27.6 Å². The maximum Gasteiger partial charge on any atom is 0.224 e. The van der Waals surface area contributed by atoms with Gasteiger partial charge < -0.3 is 14.3 Å². The summed E-state index contributed by atoms with van der Waals surface area (Å²) in [5.41, 5.74) is 3.97. The van der Waals surface area contributed by atoms with Crippen LogP contribution in [0.15, 0.2) is 90.1 Å². The number of nitrogens with one attached hydrogen (secondary N) is 1. The van der Waals surface area contributed by atoms with Crippen LogP contribution in [-0.2, 0) is 24.3 Å². The lowest BCUT2D eigenvalue weighted by atomic mass is 10.0. The molecule has 0 fully saturated rings. The van der Waals surface area contributed by atoms with E-state index < -0.39 is 0 Å². The third-order valence-electron chi connectivity index (χ3n) is 5.30. The number of hydrogen-bond acceptors (Lipinski definition) is 3. The highest BCUT2D eigenvalue weighted by molar-refractivity contribution is 6.08. The monoisotopic (exact) mass is 395 g/mol. The van der Waals surface area contributed by atoms with Gasteiger partial charge in [0.15, 0.2) is 0 Å². The van der Waals surface area contributed by atoms with Gasteiger partial charge in [0, 0.05) is 36.4 Å². The van der Waals surface area contributed by atoms with Crippen LogP contribution in [0.25, 0.3) is 21.7 Å². The number of benzene rings is 3. The molecule has 5 heteroatoms. The Labute approximate surface area is 174 Å². The molecule has 3 aromatic carbocycles. The van der Waals surface area contributed by atoms with Crippen LogP contribution >= 0.6 is 0 Å². The first-order chi connectivity index (χ1) is 14.8. The van der Waals surface area contributed by atoms with Crippen molar-refractivity contribution in [2.45, 2.75) is 19.5 Å². The Bertz CT molecular complexity index is 1320. The highest BCUT2D eigenvalue weighted by Crippen LogP contribution is 2.30. The number of amides is 1. The highest BCUT2D eigenvalue weighted by Gasteiger charge is 2.13. The summed E-state index contributed by atoms with van der Waals surface area (Å²) in [6.45, 7) is 1.25. The first-order valence-corrected chi connectivity index (χ1v) is 9.94. The molecule has 0 unspecified atom stereocenters. The molecule has 0 saturated heterocycles. The van der Waals surface area contributed by atoms with Crippen molar-refractivity contribution in [1.82, 2.24) is 14.9 Å². The maximum atomic E-state index is 12.6.